The number of aliphatic hydroxyl groups is 1. The smallest absolute Gasteiger partial charge is 0.161 e. The van der Waals surface area contributed by atoms with Crippen molar-refractivity contribution in [1.29, 1.82) is 0 Å². The summed E-state index contributed by atoms with van der Waals surface area (Å²) in [6.45, 7) is 1.71. The van der Waals surface area contributed by atoms with Gasteiger partial charge in [0, 0.05) is 31.7 Å². The molecule has 0 aromatic heterocycles. The van der Waals surface area contributed by atoms with Gasteiger partial charge in [-0.1, -0.05) is 12.1 Å². The van der Waals surface area contributed by atoms with Crippen molar-refractivity contribution < 1.29 is 20.1 Å². The number of phenols is 2. The molecule has 17 heavy (non-hydrogen) atoms. The van der Waals surface area contributed by atoms with Crippen LogP contribution in [-0.4, -0.2) is 40.7 Å². The van der Waals surface area contributed by atoms with E-state index in [1.54, 1.807) is 12.1 Å². The molecule has 1 heterocycles. The molecular formula is C12H17NO4. The third-order valence-electron chi connectivity index (χ3n) is 2.95. The Morgan fingerprint density at radius 2 is 2.18 bits per heavy atom. The number of aromatic hydroxyl groups is 2. The lowest BCUT2D eigenvalue weighted by molar-refractivity contribution is 0.0268. The van der Waals surface area contributed by atoms with Crippen molar-refractivity contribution >= 4 is 0 Å². The van der Waals surface area contributed by atoms with Crippen molar-refractivity contribution in [2.24, 2.45) is 0 Å². The van der Waals surface area contributed by atoms with Gasteiger partial charge >= 0.3 is 0 Å². The van der Waals surface area contributed by atoms with E-state index < -0.39 is 5.60 Å². The Morgan fingerprint density at radius 1 is 1.35 bits per heavy atom. The number of nitrogens with one attached hydrogen (secondary N) is 1. The van der Waals surface area contributed by atoms with Crippen LogP contribution in [0.2, 0.25) is 0 Å². The van der Waals surface area contributed by atoms with Crippen LogP contribution in [0.4, 0.5) is 0 Å². The van der Waals surface area contributed by atoms with Crippen LogP contribution in [0.25, 0.3) is 0 Å². The lowest BCUT2D eigenvalue weighted by Crippen LogP contribution is -2.40. The third-order valence-corrected chi connectivity index (χ3v) is 2.95. The van der Waals surface area contributed by atoms with E-state index >= 15 is 0 Å². The molecule has 2 rings (SSSR count). The van der Waals surface area contributed by atoms with Crippen LogP contribution < -0.4 is 5.32 Å². The summed E-state index contributed by atoms with van der Waals surface area (Å²) in [5.74, 6) is -0.248. The molecule has 1 aromatic rings. The normalized spacial score (nSPS) is 24.1. The maximum Gasteiger partial charge on any atom is 0.161 e. The van der Waals surface area contributed by atoms with Crippen LogP contribution in [0, 0.1) is 0 Å². The highest BCUT2D eigenvalue weighted by molar-refractivity contribution is 5.44. The Morgan fingerprint density at radius 3 is 2.88 bits per heavy atom. The Kier molecular flexibility index (Phi) is 3.51. The number of benzene rings is 1. The molecule has 1 atom stereocenters. The average molecular weight is 239 g/mol. The fraction of sp³-hybridized carbons (Fsp3) is 0.500. The predicted octanol–water partition coefficient (Wildman–Crippen LogP) is 0.339. The fourth-order valence-corrected chi connectivity index (χ4v) is 1.89. The maximum atomic E-state index is 9.99. The SMILES string of the molecule is Oc1cccc(CNCC2(O)CCOC2)c1O. The second-order valence-electron chi connectivity index (χ2n) is 4.42. The standard InChI is InChI=1S/C12H17NO4/c14-10-3-1-2-9(11(10)15)6-13-7-12(16)4-5-17-8-12/h1-3,13-16H,4-8H2. The monoisotopic (exact) mass is 239 g/mol. The Bertz CT molecular complexity index is 388. The minimum absolute atomic E-state index is 0.116. The number of hydrogen-bond donors (Lipinski definition) is 4. The molecule has 0 spiro atoms. The highest BCUT2D eigenvalue weighted by Gasteiger charge is 2.31. The van der Waals surface area contributed by atoms with Gasteiger partial charge in [0.05, 0.1) is 6.61 Å². The molecule has 1 aliphatic rings. The first-order valence-corrected chi connectivity index (χ1v) is 5.61. The van der Waals surface area contributed by atoms with Crippen LogP contribution in [-0.2, 0) is 11.3 Å². The van der Waals surface area contributed by atoms with Gasteiger partial charge in [0.25, 0.3) is 0 Å². The summed E-state index contributed by atoms with van der Waals surface area (Å²) in [5, 5.41) is 31.9. The van der Waals surface area contributed by atoms with Crippen LogP contribution >= 0.6 is 0 Å². The molecule has 1 fully saturated rings. The molecular weight excluding hydrogens is 222 g/mol. The molecule has 1 saturated heterocycles. The quantitative estimate of drug-likeness (QED) is 0.570. The van der Waals surface area contributed by atoms with Crippen molar-refractivity contribution in [3.8, 4) is 11.5 Å². The van der Waals surface area contributed by atoms with E-state index in [1.807, 2.05) is 0 Å². The van der Waals surface area contributed by atoms with Crippen LogP contribution in [0.3, 0.4) is 0 Å². The first-order valence-electron chi connectivity index (χ1n) is 5.61. The molecule has 0 bridgehead atoms. The number of para-hydroxylation sites is 1. The van der Waals surface area contributed by atoms with Gasteiger partial charge in [-0.15, -0.1) is 0 Å². The van der Waals surface area contributed by atoms with Gasteiger partial charge in [0.1, 0.15) is 5.60 Å². The van der Waals surface area contributed by atoms with E-state index in [-0.39, 0.29) is 11.5 Å². The van der Waals surface area contributed by atoms with Gasteiger partial charge in [-0.2, -0.15) is 0 Å². The van der Waals surface area contributed by atoms with Crippen molar-refractivity contribution in [3.63, 3.8) is 0 Å². The highest BCUT2D eigenvalue weighted by Crippen LogP contribution is 2.28. The van der Waals surface area contributed by atoms with E-state index in [1.165, 1.54) is 6.07 Å². The first-order chi connectivity index (χ1) is 8.11. The topological polar surface area (TPSA) is 82.0 Å². The van der Waals surface area contributed by atoms with Gasteiger partial charge < -0.3 is 25.4 Å². The van der Waals surface area contributed by atoms with Crippen LogP contribution in [0.15, 0.2) is 18.2 Å². The molecule has 0 radical (unpaired) electrons. The molecule has 0 saturated carbocycles. The van der Waals surface area contributed by atoms with E-state index in [2.05, 4.69) is 5.32 Å². The number of hydrogen-bond acceptors (Lipinski definition) is 5. The van der Waals surface area contributed by atoms with Gasteiger partial charge in [-0.3, -0.25) is 0 Å². The second kappa shape index (κ2) is 4.91. The Hall–Kier alpha value is -1.30. The van der Waals surface area contributed by atoms with Crippen molar-refractivity contribution in [2.75, 3.05) is 19.8 Å². The van der Waals surface area contributed by atoms with Gasteiger partial charge in [-0.05, 0) is 6.07 Å². The zero-order chi connectivity index (χ0) is 12.3. The van der Waals surface area contributed by atoms with Crippen molar-refractivity contribution in [3.05, 3.63) is 23.8 Å². The molecule has 1 aromatic carbocycles. The lowest BCUT2D eigenvalue weighted by atomic mass is 10.0. The molecule has 0 aliphatic carbocycles. The summed E-state index contributed by atoms with van der Waals surface area (Å²) in [6, 6.07) is 4.81. The number of ether oxygens (including phenoxy) is 1. The minimum Gasteiger partial charge on any atom is -0.504 e. The Balaban J connectivity index is 1.88. The summed E-state index contributed by atoms with van der Waals surface area (Å²) in [6.07, 6.45) is 0.617. The van der Waals surface area contributed by atoms with Gasteiger partial charge in [0.2, 0.25) is 0 Å². The van der Waals surface area contributed by atoms with Crippen LogP contribution in [0.1, 0.15) is 12.0 Å². The Labute approximate surface area is 99.7 Å². The van der Waals surface area contributed by atoms with Gasteiger partial charge in [0.15, 0.2) is 11.5 Å². The maximum absolute atomic E-state index is 9.99. The molecule has 5 heteroatoms. The predicted molar refractivity (Wildman–Crippen MR) is 61.9 cm³/mol. The van der Waals surface area contributed by atoms with E-state index in [0.717, 1.165) is 0 Å². The zero-order valence-electron chi connectivity index (χ0n) is 9.52. The largest absolute Gasteiger partial charge is 0.504 e. The molecule has 4 N–H and O–H groups in total. The summed E-state index contributed by atoms with van der Waals surface area (Å²) in [7, 11) is 0. The number of phenolic OH excluding ortho intramolecular Hbond substituents is 2. The summed E-state index contributed by atoms with van der Waals surface area (Å²) in [4.78, 5) is 0. The summed E-state index contributed by atoms with van der Waals surface area (Å²) in [5.41, 5.74) is -0.209. The molecule has 1 unspecified atom stereocenters. The van der Waals surface area contributed by atoms with Gasteiger partial charge in [-0.25, -0.2) is 0 Å². The average Bonchev–Trinajstić information content (AvgIpc) is 2.72. The second-order valence-corrected chi connectivity index (χ2v) is 4.42. The fourth-order valence-electron chi connectivity index (χ4n) is 1.89. The minimum atomic E-state index is -0.813. The molecule has 1 aliphatic heterocycles. The summed E-state index contributed by atoms with van der Waals surface area (Å²) < 4.78 is 5.13. The first kappa shape index (κ1) is 12.2. The number of rotatable bonds is 4. The zero-order valence-corrected chi connectivity index (χ0v) is 9.52. The molecule has 5 nitrogen and oxygen atoms in total. The van der Waals surface area contributed by atoms with Crippen LogP contribution in [0.5, 0.6) is 11.5 Å². The van der Waals surface area contributed by atoms with E-state index in [0.29, 0.717) is 38.3 Å². The highest BCUT2D eigenvalue weighted by atomic mass is 16.5. The van der Waals surface area contributed by atoms with E-state index in [9.17, 15) is 15.3 Å². The third kappa shape index (κ3) is 2.88. The molecule has 94 valence electrons. The molecule has 0 amide bonds. The van der Waals surface area contributed by atoms with Crippen molar-refractivity contribution in [2.45, 2.75) is 18.6 Å². The lowest BCUT2D eigenvalue weighted by Gasteiger charge is -2.20. The van der Waals surface area contributed by atoms with Crippen molar-refractivity contribution in [1.82, 2.24) is 5.32 Å². The van der Waals surface area contributed by atoms with E-state index in [4.69, 9.17) is 4.74 Å². The summed E-state index contributed by atoms with van der Waals surface area (Å²) >= 11 is 0.